The van der Waals surface area contributed by atoms with Crippen LogP contribution in [0, 0.1) is 16.6 Å². The number of hydrogen-bond acceptors (Lipinski definition) is 7. The Kier molecular flexibility index (Phi) is 5.91. The first-order chi connectivity index (χ1) is 15.8. The lowest BCUT2D eigenvalue weighted by Crippen LogP contribution is -2.16. The van der Waals surface area contributed by atoms with E-state index in [9.17, 15) is 14.3 Å². The monoisotopic (exact) mass is 442 g/mol. The fraction of sp³-hybridized carbons (Fsp3) is 0.0800. The molecule has 164 valence electrons. The Morgan fingerprint density at radius 3 is 2.58 bits per heavy atom. The molecule has 33 heavy (non-hydrogen) atoms. The Labute approximate surface area is 188 Å². The summed E-state index contributed by atoms with van der Waals surface area (Å²) in [6.45, 7) is 1.46. The lowest BCUT2D eigenvalue weighted by molar-refractivity contribution is 0.101. The molecule has 0 fully saturated rings. The molecule has 2 aromatic heterocycles. The van der Waals surface area contributed by atoms with Crippen molar-refractivity contribution in [1.82, 2.24) is 9.97 Å². The van der Waals surface area contributed by atoms with Crippen LogP contribution in [0.1, 0.15) is 28.5 Å². The minimum Gasteiger partial charge on any atom is -0.504 e. The molecule has 0 radical (unpaired) electrons. The third-order valence-corrected chi connectivity index (χ3v) is 5.00. The van der Waals surface area contributed by atoms with E-state index >= 15 is 0 Å². The summed E-state index contributed by atoms with van der Waals surface area (Å²) in [5.41, 5.74) is 2.17. The summed E-state index contributed by atoms with van der Waals surface area (Å²) in [5, 5.41) is 27.7. The van der Waals surface area contributed by atoms with Gasteiger partial charge >= 0.3 is 0 Å². The van der Waals surface area contributed by atoms with Crippen molar-refractivity contribution in [1.29, 1.82) is 10.8 Å². The molecule has 0 aliphatic carbocycles. The van der Waals surface area contributed by atoms with Gasteiger partial charge in [-0.3, -0.25) is 20.6 Å². The number of rotatable bonds is 5. The lowest BCUT2D eigenvalue weighted by atomic mass is 10.0. The predicted molar refractivity (Wildman–Crippen MR) is 122 cm³/mol. The van der Waals surface area contributed by atoms with Crippen molar-refractivity contribution in [3.8, 4) is 17.0 Å². The Morgan fingerprint density at radius 2 is 1.85 bits per heavy atom. The summed E-state index contributed by atoms with van der Waals surface area (Å²) in [7, 11) is 0. The second kappa shape index (κ2) is 8.96. The molecule has 0 atom stereocenters. The third kappa shape index (κ3) is 4.59. The second-order valence-electron chi connectivity index (χ2n) is 7.35. The minimum atomic E-state index is -0.531. The number of aromatic nitrogens is 2. The molecule has 0 unspecified atom stereocenters. The summed E-state index contributed by atoms with van der Waals surface area (Å²) in [5.74, 6) is -1.65. The number of carbonyl (C=O) groups excluding carboxylic acids is 1. The Bertz CT molecular complexity index is 1400. The SMILES string of the molecule is CC(=O)c1cccc(-c2nc(C(=N)OC(=N)Cc3ccc(F)cc3)c(O)c3ncccc23)c1. The number of pyridine rings is 2. The van der Waals surface area contributed by atoms with E-state index < -0.39 is 11.7 Å². The molecule has 2 heterocycles. The standard InChI is InChI=1S/C25H19FN4O3/c1-14(31)16-4-2-5-17(13-16)21-19-6-3-11-29-22(19)24(32)23(30-21)25(28)33-20(27)12-15-7-9-18(26)10-8-15/h2-11,13,27-28,32H,12H2,1H3. The van der Waals surface area contributed by atoms with Gasteiger partial charge in [-0.25, -0.2) is 9.37 Å². The number of nitrogens with one attached hydrogen (secondary N) is 2. The lowest BCUT2D eigenvalue weighted by Gasteiger charge is -2.13. The molecule has 0 amide bonds. The quantitative estimate of drug-likeness (QED) is 0.231. The summed E-state index contributed by atoms with van der Waals surface area (Å²) in [6.07, 6.45) is 1.53. The van der Waals surface area contributed by atoms with Gasteiger partial charge in [0, 0.05) is 29.1 Å². The highest BCUT2D eigenvalue weighted by Gasteiger charge is 2.21. The van der Waals surface area contributed by atoms with Crippen LogP contribution in [0.5, 0.6) is 5.75 Å². The number of benzene rings is 2. The van der Waals surface area contributed by atoms with Crippen LogP contribution in [0.15, 0.2) is 66.9 Å². The topological polar surface area (TPSA) is 120 Å². The number of ketones is 1. The third-order valence-electron chi connectivity index (χ3n) is 5.00. The van der Waals surface area contributed by atoms with Crippen LogP contribution in [0.2, 0.25) is 0 Å². The number of nitrogens with zero attached hydrogens (tertiary/aromatic N) is 2. The van der Waals surface area contributed by atoms with Crippen molar-refractivity contribution in [3.63, 3.8) is 0 Å². The first kappa shape index (κ1) is 21.8. The summed E-state index contributed by atoms with van der Waals surface area (Å²) < 4.78 is 18.4. The summed E-state index contributed by atoms with van der Waals surface area (Å²) >= 11 is 0. The Balaban J connectivity index is 1.72. The van der Waals surface area contributed by atoms with E-state index in [2.05, 4.69) is 9.97 Å². The van der Waals surface area contributed by atoms with Gasteiger partial charge in [-0.15, -0.1) is 0 Å². The van der Waals surface area contributed by atoms with E-state index in [1.54, 1.807) is 36.4 Å². The molecule has 0 aliphatic rings. The number of hydrogen-bond donors (Lipinski definition) is 3. The molecular formula is C25H19FN4O3. The maximum atomic E-state index is 13.1. The van der Waals surface area contributed by atoms with Crippen LogP contribution < -0.4 is 0 Å². The fourth-order valence-corrected chi connectivity index (χ4v) is 3.38. The molecule has 2 aromatic carbocycles. The first-order valence-electron chi connectivity index (χ1n) is 10.0. The van der Waals surface area contributed by atoms with E-state index in [1.165, 1.54) is 37.4 Å². The zero-order valence-electron chi connectivity index (χ0n) is 17.6. The van der Waals surface area contributed by atoms with Crippen LogP contribution >= 0.6 is 0 Å². The van der Waals surface area contributed by atoms with Gasteiger partial charge in [0.25, 0.3) is 0 Å². The predicted octanol–water partition coefficient (Wildman–Crippen LogP) is 4.91. The molecule has 4 aromatic rings. The van der Waals surface area contributed by atoms with Crippen molar-refractivity contribution in [2.45, 2.75) is 13.3 Å². The van der Waals surface area contributed by atoms with Gasteiger partial charge in [-0.2, -0.15) is 0 Å². The Hall–Kier alpha value is -4.46. The van der Waals surface area contributed by atoms with E-state index in [1.807, 2.05) is 0 Å². The van der Waals surface area contributed by atoms with E-state index in [0.717, 1.165) is 0 Å². The van der Waals surface area contributed by atoms with Gasteiger partial charge in [0.05, 0.1) is 5.69 Å². The average molecular weight is 442 g/mol. The highest BCUT2D eigenvalue weighted by atomic mass is 19.1. The summed E-state index contributed by atoms with van der Waals surface area (Å²) in [6, 6.07) is 15.9. The largest absolute Gasteiger partial charge is 0.504 e. The number of carbonyl (C=O) groups is 1. The molecule has 0 aliphatic heterocycles. The zero-order chi connectivity index (χ0) is 23.5. The normalized spacial score (nSPS) is 10.7. The van der Waals surface area contributed by atoms with Crippen molar-refractivity contribution in [2.24, 2.45) is 0 Å². The molecule has 3 N–H and O–H groups in total. The summed E-state index contributed by atoms with van der Waals surface area (Å²) in [4.78, 5) is 20.5. The molecule has 7 nitrogen and oxygen atoms in total. The maximum absolute atomic E-state index is 13.1. The zero-order valence-corrected chi connectivity index (χ0v) is 17.6. The number of halogens is 1. The number of fused-ring (bicyclic) bond motifs is 1. The van der Waals surface area contributed by atoms with E-state index in [4.69, 9.17) is 15.6 Å². The van der Waals surface area contributed by atoms with Crippen LogP contribution in [0.4, 0.5) is 4.39 Å². The van der Waals surface area contributed by atoms with E-state index in [0.29, 0.717) is 27.8 Å². The molecule has 0 saturated heterocycles. The van der Waals surface area contributed by atoms with Gasteiger partial charge in [0.2, 0.25) is 5.90 Å². The van der Waals surface area contributed by atoms with Gasteiger partial charge in [0.1, 0.15) is 11.3 Å². The van der Waals surface area contributed by atoms with Crippen LogP contribution in [0.3, 0.4) is 0 Å². The number of aromatic hydroxyl groups is 1. The van der Waals surface area contributed by atoms with Gasteiger partial charge in [0.15, 0.2) is 23.1 Å². The second-order valence-corrected chi connectivity index (χ2v) is 7.35. The van der Waals surface area contributed by atoms with Crippen LogP contribution in [-0.4, -0.2) is 32.7 Å². The molecule has 8 heteroatoms. The molecule has 0 saturated carbocycles. The fourth-order valence-electron chi connectivity index (χ4n) is 3.38. The smallest absolute Gasteiger partial charge is 0.243 e. The number of Topliss-reactive ketones (excluding diaryl/α,β-unsaturated/α-hetero) is 1. The van der Waals surface area contributed by atoms with Crippen molar-refractivity contribution in [3.05, 3.63) is 89.5 Å². The molecule has 4 rings (SSSR count). The van der Waals surface area contributed by atoms with Gasteiger partial charge < -0.3 is 9.84 Å². The highest BCUT2D eigenvalue weighted by molar-refractivity contribution is 6.07. The molecule has 0 bridgehead atoms. The average Bonchev–Trinajstić information content (AvgIpc) is 2.81. The first-order valence-corrected chi connectivity index (χ1v) is 10.0. The maximum Gasteiger partial charge on any atom is 0.243 e. The van der Waals surface area contributed by atoms with Gasteiger partial charge in [-0.05, 0) is 42.8 Å². The Morgan fingerprint density at radius 1 is 1.09 bits per heavy atom. The highest BCUT2D eigenvalue weighted by Crippen LogP contribution is 2.34. The van der Waals surface area contributed by atoms with Crippen LogP contribution in [0.25, 0.3) is 22.2 Å². The van der Waals surface area contributed by atoms with Crippen molar-refractivity contribution < 1.29 is 19.0 Å². The number of ether oxygens (including phenoxy) is 1. The minimum absolute atomic E-state index is 0.0305. The van der Waals surface area contributed by atoms with Crippen molar-refractivity contribution in [2.75, 3.05) is 0 Å². The van der Waals surface area contributed by atoms with Gasteiger partial charge in [-0.1, -0.05) is 30.3 Å². The van der Waals surface area contributed by atoms with E-state index in [-0.39, 0.29) is 35.1 Å². The molecular weight excluding hydrogens is 423 g/mol. The van der Waals surface area contributed by atoms with Crippen LogP contribution in [-0.2, 0) is 11.2 Å². The molecule has 0 spiro atoms. The van der Waals surface area contributed by atoms with Crippen molar-refractivity contribution >= 4 is 28.5 Å².